The molecule has 1 saturated heterocycles. The number of benzene rings is 2. The van der Waals surface area contributed by atoms with Gasteiger partial charge < -0.3 is 24.4 Å². The van der Waals surface area contributed by atoms with Crippen molar-refractivity contribution in [3.63, 3.8) is 0 Å². The standard InChI is InChI=1S/C21H22N2O5S/c1-26-13-6-4-5-12(9-13)10-22-19(24)15-11-29-21-14-7-8-16(27-2)18(28-3)17(14)20(25)23(15)21/h4-9,15,21H,10-11H2,1-3H3,(H,22,24)/t15-,21+/m1/s1. The zero-order valence-corrected chi connectivity index (χ0v) is 17.2. The molecule has 2 aliphatic rings. The fourth-order valence-corrected chi connectivity index (χ4v) is 5.24. The van der Waals surface area contributed by atoms with Crippen molar-refractivity contribution in [3.8, 4) is 17.2 Å². The smallest absolute Gasteiger partial charge is 0.260 e. The number of ether oxygens (including phenoxy) is 3. The second-order valence-corrected chi connectivity index (χ2v) is 7.86. The quantitative estimate of drug-likeness (QED) is 0.783. The average Bonchev–Trinajstić information content (AvgIpc) is 3.31. The van der Waals surface area contributed by atoms with E-state index in [2.05, 4.69) is 5.32 Å². The van der Waals surface area contributed by atoms with Crippen molar-refractivity contribution in [2.75, 3.05) is 27.1 Å². The number of fused-ring (bicyclic) bond motifs is 3. The largest absolute Gasteiger partial charge is 0.497 e. The van der Waals surface area contributed by atoms with Crippen LogP contribution in [0.4, 0.5) is 0 Å². The number of nitrogens with one attached hydrogen (secondary N) is 1. The minimum Gasteiger partial charge on any atom is -0.497 e. The van der Waals surface area contributed by atoms with Crippen molar-refractivity contribution >= 4 is 23.6 Å². The Bertz CT molecular complexity index is 964. The number of hydrogen-bond donors (Lipinski definition) is 1. The molecule has 29 heavy (non-hydrogen) atoms. The van der Waals surface area contributed by atoms with E-state index in [9.17, 15) is 9.59 Å². The van der Waals surface area contributed by atoms with Gasteiger partial charge in [0.25, 0.3) is 5.91 Å². The van der Waals surface area contributed by atoms with Crippen molar-refractivity contribution < 1.29 is 23.8 Å². The first kappa shape index (κ1) is 19.4. The van der Waals surface area contributed by atoms with Gasteiger partial charge >= 0.3 is 0 Å². The number of hydrogen-bond acceptors (Lipinski definition) is 6. The molecule has 0 aliphatic carbocycles. The van der Waals surface area contributed by atoms with Gasteiger partial charge in [-0.15, -0.1) is 11.8 Å². The van der Waals surface area contributed by atoms with Crippen LogP contribution < -0.4 is 19.5 Å². The maximum absolute atomic E-state index is 13.2. The topological polar surface area (TPSA) is 77.1 Å². The fraction of sp³-hybridized carbons (Fsp3) is 0.333. The minimum absolute atomic E-state index is 0.171. The third kappa shape index (κ3) is 3.27. The van der Waals surface area contributed by atoms with E-state index >= 15 is 0 Å². The molecule has 0 radical (unpaired) electrons. The zero-order valence-electron chi connectivity index (χ0n) is 16.4. The van der Waals surface area contributed by atoms with Gasteiger partial charge in [0.05, 0.1) is 26.9 Å². The summed E-state index contributed by atoms with van der Waals surface area (Å²) in [5.74, 6) is 1.83. The highest BCUT2D eigenvalue weighted by Gasteiger charge is 2.50. The summed E-state index contributed by atoms with van der Waals surface area (Å²) in [7, 11) is 4.65. The molecule has 0 saturated carbocycles. The van der Waals surface area contributed by atoms with E-state index in [-0.39, 0.29) is 17.2 Å². The Balaban J connectivity index is 1.53. The van der Waals surface area contributed by atoms with Crippen molar-refractivity contribution in [2.45, 2.75) is 18.0 Å². The summed E-state index contributed by atoms with van der Waals surface area (Å²) in [6.07, 6.45) is 0. The first-order chi connectivity index (χ1) is 14.1. The lowest BCUT2D eigenvalue weighted by molar-refractivity contribution is -0.124. The number of thioether (sulfide) groups is 1. The van der Waals surface area contributed by atoms with E-state index in [1.165, 1.54) is 14.2 Å². The lowest BCUT2D eigenvalue weighted by atomic mass is 10.1. The number of carbonyl (C=O) groups is 2. The number of amides is 2. The molecule has 0 spiro atoms. The van der Waals surface area contributed by atoms with Crippen LogP contribution in [-0.4, -0.2) is 49.8 Å². The monoisotopic (exact) mass is 414 g/mol. The molecule has 2 aliphatic heterocycles. The molecule has 4 rings (SSSR count). The second-order valence-electron chi connectivity index (χ2n) is 6.75. The van der Waals surface area contributed by atoms with Gasteiger partial charge in [-0.2, -0.15) is 0 Å². The summed E-state index contributed by atoms with van der Waals surface area (Å²) in [6, 6.07) is 10.7. The molecule has 0 bridgehead atoms. The van der Waals surface area contributed by atoms with Crippen molar-refractivity contribution in [1.29, 1.82) is 0 Å². The van der Waals surface area contributed by atoms with Crippen molar-refractivity contribution in [1.82, 2.24) is 10.2 Å². The SMILES string of the molecule is COc1cccc(CNC(=O)[C@H]2CS[C@H]3c4ccc(OC)c(OC)c4C(=O)N23)c1. The van der Waals surface area contributed by atoms with E-state index in [4.69, 9.17) is 14.2 Å². The summed E-state index contributed by atoms with van der Waals surface area (Å²) in [5.41, 5.74) is 2.28. The Morgan fingerprint density at radius 3 is 2.72 bits per heavy atom. The number of carbonyl (C=O) groups excluding carboxylic acids is 2. The van der Waals surface area contributed by atoms with Crippen LogP contribution in [0.15, 0.2) is 36.4 Å². The van der Waals surface area contributed by atoms with Crippen LogP contribution in [0.25, 0.3) is 0 Å². The van der Waals surface area contributed by atoms with Crippen LogP contribution >= 0.6 is 11.8 Å². The average molecular weight is 414 g/mol. The van der Waals surface area contributed by atoms with Gasteiger partial charge in [0.2, 0.25) is 5.91 Å². The molecule has 2 aromatic carbocycles. The molecular weight excluding hydrogens is 392 g/mol. The highest BCUT2D eigenvalue weighted by atomic mass is 32.2. The van der Waals surface area contributed by atoms with Crippen LogP contribution in [-0.2, 0) is 11.3 Å². The predicted molar refractivity (Wildman–Crippen MR) is 110 cm³/mol. The Morgan fingerprint density at radius 2 is 2.00 bits per heavy atom. The van der Waals surface area contributed by atoms with Gasteiger partial charge in [0.15, 0.2) is 11.5 Å². The van der Waals surface area contributed by atoms with E-state index < -0.39 is 6.04 Å². The summed E-state index contributed by atoms with van der Waals surface area (Å²) in [6.45, 7) is 0.369. The normalized spacial score (nSPS) is 19.6. The van der Waals surface area contributed by atoms with Gasteiger partial charge in [-0.1, -0.05) is 18.2 Å². The van der Waals surface area contributed by atoms with Crippen LogP contribution in [0.3, 0.4) is 0 Å². The number of rotatable bonds is 6. The van der Waals surface area contributed by atoms with Gasteiger partial charge in [-0.25, -0.2) is 0 Å². The number of methoxy groups -OCH3 is 3. The van der Waals surface area contributed by atoms with Gasteiger partial charge in [-0.3, -0.25) is 9.59 Å². The first-order valence-corrected chi connectivity index (χ1v) is 10.2. The Hall–Kier alpha value is -2.87. The van der Waals surface area contributed by atoms with Gasteiger partial charge in [0, 0.05) is 17.9 Å². The van der Waals surface area contributed by atoms with E-state index in [1.54, 1.807) is 29.8 Å². The minimum atomic E-state index is -0.536. The first-order valence-electron chi connectivity index (χ1n) is 9.18. The molecule has 1 fully saturated rings. The third-order valence-electron chi connectivity index (χ3n) is 5.20. The van der Waals surface area contributed by atoms with Crippen molar-refractivity contribution in [3.05, 3.63) is 53.1 Å². The van der Waals surface area contributed by atoms with E-state index in [1.807, 2.05) is 30.3 Å². The molecule has 0 aromatic heterocycles. The molecule has 1 N–H and O–H groups in total. The second kappa shape index (κ2) is 7.87. The maximum atomic E-state index is 13.2. The lowest BCUT2D eigenvalue weighted by Gasteiger charge is -2.22. The molecule has 2 amide bonds. The Morgan fingerprint density at radius 1 is 1.17 bits per heavy atom. The Labute approximate surface area is 173 Å². The van der Waals surface area contributed by atoms with E-state index in [0.717, 1.165) is 16.9 Å². The zero-order chi connectivity index (χ0) is 20.5. The fourth-order valence-electron chi connectivity index (χ4n) is 3.78. The van der Waals surface area contributed by atoms with Crippen LogP contribution in [0.5, 0.6) is 17.2 Å². The molecule has 0 unspecified atom stereocenters. The van der Waals surface area contributed by atoms with Crippen molar-refractivity contribution in [2.24, 2.45) is 0 Å². The maximum Gasteiger partial charge on any atom is 0.260 e. The summed E-state index contributed by atoms with van der Waals surface area (Å²) < 4.78 is 16.0. The Kier molecular flexibility index (Phi) is 5.27. The molecule has 152 valence electrons. The highest BCUT2D eigenvalue weighted by Crippen LogP contribution is 2.52. The van der Waals surface area contributed by atoms with Crippen LogP contribution in [0.2, 0.25) is 0 Å². The van der Waals surface area contributed by atoms with Gasteiger partial charge in [-0.05, 0) is 23.8 Å². The lowest BCUT2D eigenvalue weighted by Crippen LogP contribution is -2.45. The summed E-state index contributed by atoms with van der Waals surface area (Å²) in [4.78, 5) is 27.7. The van der Waals surface area contributed by atoms with E-state index in [0.29, 0.717) is 29.4 Å². The molecular formula is C21H22N2O5S. The van der Waals surface area contributed by atoms with Crippen LogP contribution in [0, 0.1) is 0 Å². The molecule has 2 aromatic rings. The molecule has 7 nitrogen and oxygen atoms in total. The van der Waals surface area contributed by atoms with Crippen LogP contribution in [0.1, 0.15) is 26.9 Å². The molecule has 2 heterocycles. The predicted octanol–water partition coefficient (Wildman–Crippen LogP) is 2.60. The third-order valence-corrected chi connectivity index (χ3v) is 6.50. The summed E-state index contributed by atoms with van der Waals surface area (Å²) in [5, 5.41) is 2.76. The van der Waals surface area contributed by atoms with Gasteiger partial charge in [0.1, 0.15) is 17.2 Å². The molecule has 8 heteroatoms. The highest BCUT2D eigenvalue weighted by molar-refractivity contribution is 7.99. The molecule has 2 atom stereocenters. The number of nitrogens with zero attached hydrogens (tertiary/aromatic N) is 1. The summed E-state index contributed by atoms with van der Waals surface area (Å²) >= 11 is 1.58.